The van der Waals surface area contributed by atoms with Crippen LogP contribution in [0.25, 0.3) is 0 Å². The van der Waals surface area contributed by atoms with Crippen molar-refractivity contribution >= 4 is 15.8 Å². The number of carbonyl (C=O) groups is 1. The van der Waals surface area contributed by atoms with Gasteiger partial charge in [0.05, 0.1) is 18.6 Å². The van der Waals surface area contributed by atoms with E-state index in [4.69, 9.17) is 9.26 Å². The van der Waals surface area contributed by atoms with E-state index in [2.05, 4.69) is 10.1 Å². The normalized spacial score (nSPS) is 27.1. The maximum Gasteiger partial charge on any atom is 0.321 e. The van der Waals surface area contributed by atoms with Gasteiger partial charge in [0.2, 0.25) is 5.89 Å². The summed E-state index contributed by atoms with van der Waals surface area (Å²) in [7, 11) is -1.67. The average Bonchev–Trinajstić information content (AvgIpc) is 2.88. The Kier molecular flexibility index (Phi) is 2.67. The monoisotopic (exact) mass is 286 g/mol. The highest BCUT2D eigenvalue weighted by Gasteiger charge is 2.57. The number of carbonyl (C=O) groups excluding carboxylic acids is 1. The first-order valence-corrected chi connectivity index (χ1v) is 7.92. The van der Waals surface area contributed by atoms with Crippen molar-refractivity contribution in [2.24, 2.45) is 0 Å². The van der Waals surface area contributed by atoms with Crippen LogP contribution in [0.3, 0.4) is 0 Å². The smallest absolute Gasteiger partial charge is 0.321 e. The van der Waals surface area contributed by atoms with Crippen LogP contribution in [-0.2, 0) is 24.8 Å². The van der Waals surface area contributed by atoms with Gasteiger partial charge in [-0.05, 0) is 19.3 Å². The van der Waals surface area contributed by atoms with Crippen LogP contribution in [0, 0.1) is 0 Å². The Balaban J connectivity index is 1.83. The second-order valence-electron chi connectivity index (χ2n) is 5.13. The first kappa shape index (κ1) is 12.6. The second kappa shape index (κ2) is 4.03. The predicted molar refractivity (Wildman–Crippen MR) is 63.2 cm³/mol. The van der Waals surface area contributed by atoms with E-state index in [0.717, 1.165) is 0 Å². The topological polar surface area (TPSA) is 99.4 Å². The van der Waals surface area contributed by atoms with Crippen LogP contribution < -0.4 is 0 Å². The fraction of sp³-hybridized carbons (Fsp3) is 0.727. The molecule has 0 spiro atoms. The second-order valence-corrected chi connectivity index (χ2v) is 7.36. The maximum atomic E-state index is 11.7. The van der Waals surface area contributed by atoms with Gasteiger partial charge in [-0.1, -0.05) is 5.16 Å². The van der Waals surface area contributed by atoms with Gasteiger partial charge in [0, 0.05) is 5.92 Å². The Bertz CT molecular complexity index is 617. The molecule has 1 aromatic rings. The Labute approximate surface area is 110 Å². The summed E-state index contributed by atoms with van der Waals surface area (Å²) in [5, 5.41) is 3.83. The van der Waals surface area contributed by atoms with Crippen molar-refractivity contribution in [2.45, 2.75) is 30.6 Å². The average molecular weight is 286 g/mol. The SMILES string of the molecule is COC(=O)C1(c2nc(C3CCS(=O)(=O)C3)no2)CC1. The lowest BCUT2D eigenvalue weighted by atomic mass is 10.1. The molecule has 104 valence electrons. The Hall–Kier alpha value is -1.44. The van der Waals surface area contributed by atoms with Crippen LogP contribution in [0.5, 0.6) is 0 Å². The summed E-state index contributed by atoms with van der Waals surface area (Å²) in [6.45, 7) is 0. The third kappa shape index (κ3) is 2.03. The number of hydrogen-bond acceptors (Lipinski definition) is 7. The minimum Gasteiger partial charge on any atom is -0.468 e. The van der Waals surface area contributed by atoms with Gasteiger partial charge in [0.25, 0.3) is 0 Å². The number of aromatic nitrogens is 2. The zero-order valence-corrected chi connectivity index (χ0v) is 11.3. The van der Waals surface area contributed by atoms with Gasteiger partial charge in [-0.25, -0.2) is 8.42 Å². The van der Waals surface area contributed by atoms with Crippen LogP contribution in [0.4, 0.5) is 0 Å². The van der Waals surface area contributed by atoms with E-state index in [0.29, 0.717) is 25.1 Å². The molecule has 7 nitrogen and oxygen atoms in total. The van der Waals surface area contributed by atoms with E-state index >= 15 is 0 Å². The summed E-state index contributed by atoms with van der Waals surface area (Å²) in [6, 6.07) is 0. The minimum atomic E-state index is -2.99. The van der Waals surface area contributed by atoms with E-state index in [1.54, 1.807) is 0 Å². The van der Waals surface area contributed by atoms with Gasteiger partial charge in [-0.3, -0.25) is 4.79 Å². The number of methoxy groups -OCH3 is 1. The number of nitrogens with zero attached hydrogens (tertiary/aromatic N) is 2. The number of esters is 1. The van der Waals surface area contributed by atoms with Crippen molar-refractivity contribution in [3.8, 4) is 0 Å². The van der Waals surface area contributed by atoms with Crippen molar-refractivity contribution in [3.63, 3.8) is 0 Å². The van der Waals surface area contributed by atoms with E-state index in [1.165, 1.54) is 7.11 Å². The first-order chi connectivity index (χ1) is 8.97. The van der Waals surface area contributed by atoms with Crippen LogP contribution in [0.1, 0.15) is 36.9 Å². The van der Waals surface area contributed by atoms with Gasteiger partial charge in [0.15, 0.2) is 15.7 Å². The molecule has 2 aliphatic rings. The van der Waals surface area contributed by atoms with Crippen molar-refractivity contribution in [1.29, 1.82) is 0 Å². The minimum absolute atomic E-state index is 0.0528. The quantitative estimate of drug-likeness (QED) is 0.730. The molecule has 1 aromatic heterocycles. The van der Waals surface area contributed by atoms with Crippen LogP contribution >= 0.6 is 0 Å². The van der Waals surface area contributed by atoms with Gasteiger partial charge in [-0.15, -0.1) is 0 Å². The number of ether oxygens (including phenoxy) is 1. The molecule has 0 aromatic carbocycles. The van der Waals surface area contributed by atoms with Gasteiger partial charge < -0.3 is 9.26 Å². The molecule has 0 N–H and O–H groups in total. The molecule has 3 rings (SSSR count). The Morgan fingerprint density at radius 1 is 1.47 bits per heavy atom. The standard InChI is InChI=1S/C11H14N2O5S/c1-17-10(14)11(3-4-11)9-12-8(13-18-9)7-2-5-19(15,16)6-7/h7H,2-6H2,1H3. The van der Waals surface area contributed by atoms with E-state index in [-0.39, 0.29) is 29.3 Å². The summed E-state index contributed by atoms with van der Waals surface area (Å²) < 4.78 is 32.7. The zero-order chi connectivity index (χ0) is 13.7. The molecule has 8 heteroatoms. The lowest BCUT2D eigenvalue weighted by Crippen LogP contribution is -2.22. The van der Waals surface area contributed by atoms with Crippen molar-refractivity contribution in [1.82, 2.24) is 10.1 Å². The number of hydrogen-bond donors (Lipinski definition) is 0. The third-order valence-electron chi connectivity index (χ3n) is 3.77. The van der Waals surface area contributed by atoms with Crippen molar-refractivity contribution in [2.75, 3.05) is 18.6 Å². The molecule has 1 atom stereocenters. The van der Waals surface area contributed by atoms with Crippen molar-refractivity contribution in [3.05, 3.63) is 11.7 Å². The summed E-state index contributed by atoms with van der Waals surface area (Å²) in [5.74, 6) is 0.239. The molecule has 1 saturated heterocycles. The van der Waals surface area contributed by atoms with Crippen molar-refractivity contribution < 1.29 is 22.5 Å². The zero-order valence-electron chi connectivity index (χ0n) is 10.5. The molecule has 1 saturated carbocycles. The Morgan fingerprint density at radius 3 is 2.74 bits per heavy atom. The highest BCUT2D eigenvalue weighted by molar-refractivity contribution is 7.91. The van der Waals surface area contributed by atoms with Gasteiger partial charge >= 0.3 is 5.97 Å². The Morgan fingerprint density at radius 2 is 2.21 bits per heavy atom. The maximum absolute atomic E-state index is 11.7. The van der Waals surface area contributed by atoms with E-state index in [9.17, 15) is 13.2 Å². The molecule has 0 amide bonds. The first-order valence-electron chi connectivity index (χ1n) is 6.10. The molecular weight excluding hydrogens is 272 g/mol. The highest BCUT2D eigenvalue weighted by Crippen LogP contribution is 2.48. The van der Waals surface area contributed by atoms with E-state index in [1.807, 2.05) is 0 Å². The van der Waals surface area contributed by atoms with Crippen LogP contribution in [-0.4, -0.2) is 43.1 Å². The molecule has 2 heterocycles. The summed E-state index contributed by atoms with van der Waals surface area (Å²) >= 11 is 0. The molecule has 2 fully saturated rings. The molecule has 0 bridgehead atoms. The molecule has 1 aliphatic carbocycles. The van der Waals surface area contributed by atoms with Crippen LogP contribution in [0.15, 0.2) is 4.52 Å². The summed E-state index contributed by atoms with van der Waals surface area (Å²) in [4.78, 5) is 15.9. The van der Waals surface area contributed by atoms with Gasteiger partial charge in [0.1, 0.15) is 5.41 Å². The van der Waals surface area contributed by atoms with Crippen LogP contribution in [0.2, 0.25) is 0 Å². The summed E-state index contributed by atoms with van der Waals surface area (Å²) in [6.07, 6.45) is 1.76. The lowest BCUT2D eigenvalue weighted by Gasteiger charge is -2.06. The molecule has 1 aliphatic heterocycles. The fourth-order valence-electron chi connectivity index (χ4n) is 2.42. The number of sulfone groups is 1. The van der Waals surface area contributed by atoms with Gasteiger partial charge in [-0.2, -0.15) is 4.98 Å². The molecule has 1 unspecified atom stereocenters. The predicted octanol–water partition coefficient (Wildman–Crippen LogP) is 0.176. The lowest BCUT2D eigenvalue weighted by molar-refractivity contribution is -0.144. The highest BCUT2D eigenvalue weighted by atomic mass is 32.2. The molecular formula is C11H14N2O5S. The molecule has 19 heavy (non-hydrogen) atoms. The molecule has 0 radical (unpaired) electrons. The third-order valence-corrected chi connectivity index (χ3v) is 5.54. The van der Waals surface area contributed by atoms with E-state index < -0.39 is 15.3 Å². The fourth-order valence-corrected chi connectivity index (χ4v) is 4.16. The number of rotatable bonds is 3. The summed E-state index contributed by atoms with van der Waals surface area (Å²) in [5.41, 5.74) is -0.794. The largest absolute Gasteiger partial charge is 0.468 e.